The number of benzene rings is 2. The fourth-order valence-corrected chi connectivity index (χ4v) is 2.65. The van der Waals surface area contributed by atoms with Crippen molar-refractivity contribution < 1.29 is 19.1 Å². The topological polar surface area (TPSA) is 99.5 Å². The molecule has 8 nitrogen and oxygen atoms in total. The minimum Gasteiger partial charge on any atom is -0.497 e. The Labute approximate surface area is 160 Å². The predicted octanol–water partition coefficient (Wildman–Crippen LogP) is 1.42. The van der Waals surface area contributed by atoms with Crippen LogP contribution >= 0.6 is 0 Å². The molecule has 0 spiro atoms. The van der Waals surface area contributed by atoms with E-state index in [9.17, 15) is 14.4 Å². The van der Waals surface area contributed by atoms with Gasteiger partial charge < -0.3 is 14.8 Å². The number of fused-ring (bicyclic) bond motifs is 1. The summed E-state index contributed by atoms with van der Waals surface area (Å²) in [5, 5.41) is 7.38. The van der Waals surface area contributed by atoms with Crippen LogP contribution in [0.5, 0.6) is 5.75 Å². The van der Waals surface area contributed by atoms with Gasteiger partial charge in [0.05, 0.1) is 12.5 Å². The zero-order chi connectivity index (χ0) is 20.1. The molecule has 0 aliphatic carbocycles. The van der Waals surface area contributed by atoms with Gasteiger partial charge in [-0.2, -0.15) is 5.10 Å². The number of esters is 1. The molecule has 0 saturated heterocycles. The molecule has 8 heteroatoms. The van der Waals surface area contributed by atoms with Crippen molar-refractivity contribution in [1.29, 1.82) is 0 Å². The minimum absolute atomic E-state index is 0.0133. The van der Waals surface area contributed by atoms with Crippen molar-refractivity contribution in [2.75, 3.05) is 13.7 Å². The molecular formula is C20H19N3O5. The van der Waals surface area contributed by atoms with Gasteiger partial charge in [0.1, 0.15) is 5.75 Å². The molecule has 1 N–H and O–H groups in total. The number of aromatic nitrogens is 2. The number of rotatable bonds is 6. The zero-order valence-electron chi connectivity index (χ0n) is 15.5. The summed E-state index contributed by atoms with van der Waals surface area (Å²) in [6, 6.07) is 13.8. The lowest BCUT2D eigenvalue weighted by Gasteiger charge is -2.09. The summed E-state index contributed by atoms with van der Waals surface area (Å²) in [5.41, 5.74) is 0.552. The Bertz CT molecular complexity index is 1070. The molecule has 0 bridgehead atoms. The summed E-state index contributed by atoms with van der Waals surface area (Å²) >= 11 is 0. The summed E-state index contributed by atoms with van der Waals surface area (Å²) in [6.45, 7) is -0.158. The van der Waals surface area contributed by atoms with Crippen molar-refractivity contribution >= 4 is 22.6 Å². The van der Waals surface area contributed by atoms with Gasteiger partial charge in [0.2, 0.25) is 0 Å². The average Bonchev–Trinajstić information content (AvgIpc) is 2.73. The third kappa shape index (κ3) is 4.17. The first-order valence-corrected chi connectivity index (χ1v) is 8.52. The summed E-state index contributed by atoms with van der Waals surface area (Å²) in [5.74, 6) is -0.495. The van der Waals surface area contributed by atoms with Crippen LogP contribution in [0, 0.1) is 0 Å². The second-order valence-electron chi connectivity index (χ2n) is 6.02. The molecule has 28 heavy (non-hydrogen) atoms. The molecule has 1 amide bonds. The number of ether oxygens (including phenoxy) is 2. The second kappa shape index (κ2) is 8.34. The van der Waals surface area contributed by atoms with Crippen molar-refractivity contribution in [2.45, 2.75) is 6.54 Å². The largest absolute Gasteiger partial charge is 0.497 e. The van der Waals surface area contributed by atoms with Gasteiger partial charge in [-0.05, 0) is 23.8 Å². The van der Waals surface area contributed by atoms with Crippen LogP contribution in [-0.2, 0) is 23.1 Å². The molecule has 0 unspecified atom stereocenters. The Morgan fingerprint density at radius 1 is 1.07 bits per heavy atom. The van der Waals surface area contributed by atoms with E-state index in [2.05, 4.69) is 10.4 Å². The summed E-state index contributed by atoms with van der Waals surface area (Å²) in [7, 11) is 3.03. The van der Waals surface area contributed by atoms with Crippen molar-refractivity contribution in [3.8, 4) is 5.75 Å². The lowest BCUT2D eigenvalue weighted by molar-refractivity contribution is -0.124. The number of aryl methyl sites for hydroxylation is 1. The van der Waals surface area contributed by atoms with E-state index in [1.165, 1.54) is 7.05 Å². The van der Waals surface area contributed by atoms with E-state index in [4.69, 9.17) is 9.47 Å². The van der Waals surface area contributed by atoms with Gasteiger partial charge in [-0.15, -0.1) is 0 Å². The number of methoxy groups -OCH3 is 1. The van der Waals surface area contributed by atoms with Gasteiger partial charge in [-0.25, -0.2) is 9.48 Å². The minimum atomic E-state index is -0.772. The van der Waals surface area contributed by atoms with Gasteiger partial charge in [0.25, 0.3) is 11.5 Å². The lowest BCUT2D eigenvalue weighted by atomic mass is 10.1. The van der Waals surface area contributed by atoms with E-state index in [1.54, 1.807) is 43.5 Å². The maximum Gasteiger partial charge on any atom is 0.359 e. The van der Waals surface area contributed by atoms with Crippen LogP contribution in [0.2, 0.25) is 0 Å². The maximum absolute atomic E-state index is 12.4. The van der Waals surface area contributed by atoms with Crippen molar-refractivity contribution in [2.24, 2.45) is 7.05 Å². The van der Waals surface area contributed by atoms with Crippen LogP contribution in [0.3, 0.4) is 0 Å². The third-order valence-electron chi connectivity index (χ3n) is 4.13. The first-order valence-electron chi connectivity index (χ1n) is 8.52. The summed E-state index contributed by atoms with van der Waals surface area (Å²) in [4.78, 5) is 36.5. The van der Waals surface area contributed by atoms with E-state index in [-0.39, 0.29) is 11.3 Å². The highest BCUT2D eigenvalue weighted by Gasteiger charge is 2.18. The van der Waals surface area contributed by atoms with Crippen LogP contribution < -0.4 is 15.6 Å². The number of carbonyl (C=O) groups is 2. The van der Waals surface area contributed by atoms with E-state index in [0.29, 0.717) is 17.3 Å². The molecule has 0 radical (unpaired) electrons. The van der Waals surface area contributed by atoms with Crippen LogP contribution in [0.1, 0.15) is 16.1 Å². The van der Waals surface area contributed by atoms with Gasteiger partial charge in [-0.1, -0.05) is 30.3 Å². The van der Waals surface area contributed by atoms with Crippen LogP contribution in [-0.4, -0.2) is 35.4 Å². The fraction of sp³-hybridized carbons (Fsp3) is 0.200. The zero-order valence-corrected chi connectivity index (χ0v) is 15.5. The fourth-order valence-electron chi connectivity index (χ4n) is 2.65. The van der Waals surface area contributed by atoms with Gasteiger partial charge in [0.15, 0.2) is 12.3 Å². The smallest absolute Gasteiger partial charge is 0.359 e. The Hall–Kier alpha value is -3.68. The molecular weight excluding hydrogens is 362 g/mol. The molecule has 3 rings (SSSR count). The number of carbonyl (C=O) groups excluding carboxylic acids is 2. The normalized spacial score (nSPS) is 10.5. The quantitative estimate of drug-likeness (QED) is 0.648. The van der Waals surface area contributed by atoms with Crippen molar-refractivity contribution in [3.05, 3.63) is 70.1 Å². The molecule has 0 saturated carbocycles. The van der Waals surface area contributed by atoms with Crippen LogP contribution in [0.25, 0.3) is 10.8 Å². The molecule has 2 aromatic carbocycles. The first-order chi connectivity index (χ1) is 13.5. The molecule has 0 aliphatic rings. The third-order valence-corrected chi connectivity index (χ3v) is 4.13. The highest BCUT2D eigenvalue weighted by molar-refractivity contribution is 6.02. The summed E-state index contributed by atoms with van der Waals surface area (Å²) in [6.07, 6.45) is 0. The van der Waals surface area contributed by atoms with Gasteiger partial charge >= 0.3 is 5.97 Å². The highest BCUT2D eigenvalue weighted by atomic mass is 16.5. The van der Waals surface area contributed by atoms with Crippen molar-refractivity contribution in [1.82, 2.24) is 15.1 Å². The Morgan fingerprint density at radius 2 is 1.75 bits per heavy atom. The second-order valence-corrected chi connectivity index (χ2v) is 6.02. The highest BCUT2D eigenvalue weighted by Crippen LogP contribution is 2.14. The van der Waals surface area contributed by atoms with E-state index in [1.807, 2.05) is 12.1 Å². The van der Waals surface area contributed by atoms with E-state index >= 15 is 0 Å². The lowest BCUT2D eigenvalue weighted by Crippen LogP contribution is -2.29. The number of hydrogen-bond donors (Lipinski definition) is 1. The SMILES string of the molecule is COc1ccc(CNC(=O)COC(=O)c2nn(C)c(=O)c3ccccc23)cc1. The number of amides is 1. The molecule has 3 aromatic rings. The molecule has 0 aliphatic heterocycles. The number of nitrogens with zero attached hydrogens (tertiary/aromatic N) is 2. The van der Waals surface area contributed by atoms with E-state index < -0.39 is 18.5 Å². The van der Waals surface area contributed by atoms with Crippen molar-refractivity contribution in [3.63, 3.8) is 0 Å². The first kappa shape index (κ1) is 19.1. The Morgan fingerprint density at radius 3 is 2.43 bits per heavy atom. The Kier molecular flexibility index (Phi) is 5.69. The standard InChI is InChI=1S/C20H19N3O5/c1-23-19(25)16-6-4-3-5-15(16)18(22-23)20(26)28-12-17(24)21-11-13-7-9-14(27-2)10-8-13/h3-10H,11-12H2,1-2H3,(H,21,24). The maximum atomic E-state index is 12.4. The van der Waals surface area contributed by atoms with E-state index in [0.717, 1.165) is 16.0 Å². The van der Waals surface area contributed by atoms with Crippen LogP contribution in [0.4, 0.5) is 0 Å². The summed E-state index contributed by atoms with van der Waals surface area (Å²) < 4.78 is 11.2. The number of hydrogen-bond acceptors (Lipinski definition) is 6. The molecule has 1 aromatic heterocycles. The molecule has 1 heterocycles. The van der Waals surface area contributed by atoms with Gasteiger partial charge in [0, 0.05) is 19.0 Å². The number of nitrogens with one attached hydrogen (secondary N) is 1. The van der Waals surface area contributed by atoms with Gasteiger partial charge in [-0.3, -0.25) is 9.59 Å². The molecule has 0 fully saturated rings. The molecule has 0 atom stereocenters. The Balaban J connectivity index is 1.62. The monoisotopic (exact) mass is 381 g/mol. The average molecular weight is 381 g/mol. The predicted molar refractivity (Wildman–Crippen MR) is 102 cm³/mol. The molecule has 144 valence electrons. The van der Waals surface area contributed by atoms with Crippen LogP contribution in [0.15, 0.2) is 53.3 Å².